The number of piperidine rings is 1. The fraction of sp³-hybridized carbons (Fsp3) is 0.600. The van der Waals surface area contributed by atoms with Gasteiger partial charge in [-0.25, -0.2) is 4.39 Å². The van der Waals surface area contributed by atoms with Gasteiger partial charge in [0.05, 0.1) is 0 Å². The third-order valence-electron chi connectivity index (χ3n) is 3.81. The third-order valence-corrected chi connectivity index (χ3v) is 4.37. The quantitative estimate of drug-likeness (QED) is 0.780. The molecule has 0 aliphatic carbocycles. The SMILES string of the molecule is CN(C)CC1CCN(c2cccc(F)c2CBr)CC1. The maximum absolute atomic E-state index is 13.8. The molecule has 0 saturated carbocycles. The van der Waals surface area contributed by atoms with Crippen LogP contribution in [0, 0.1) is 11.7 Å². The van der Waals surface area contributed by atoms with Crippen molar-refractivity contribution in [2.75, 3.05) is 38.6 Å². The smallest absolute Gasteiger partial charge is 0.129 e. The highest BCUT2D eigenvalue weighted by atomic mass is 79.9. The number of nitrogens with zero attached hydrogens (tertiary/aromatic N) is 2. The zero-order valence-corrected chi connectivity index (χ0v) is 13.3. The van der Waals surface area contributed by atoms with Crippen molar-refractivity contribution in [1.82, 2.24) is 4.90 Å². The molecule has 1 aromatic rings. The number of hydrogen-bond acceptors (Lipinski definition) is 2. The van der Waals surface area contributed by atoms with Gasteiger partial charge < -0.3 is 9.80 Å². The second-order valence-electron chi connectivity index (χ2n) is 5.56. The van der Waals surface area contributed by atoms with Crippen LogP contribution in [0.15, 0.2) is 18.2 Å². The lowest BCUT2D eigenvalue weighted by molar-refractivity contribution is 0.285. The van der Waals surface area contributed by atoms with Gasteiger partial charge in [-0.2, -0.15) is 0 Å². The van der Waals surface area contributed by atoms with E-state index >= 15 is 0 Å². The van der Waals surface area contributed by atoms with E-state index in [-0.39, 0.29) is 5.82 Å². The van der Waals surface area contributed by atoms with Crippen molar-refractivity contribution in [3.63, 3.8) is 0 Å². The zero-order chi connectivity index (χ0) is 13.8. The van der Waals surface area contributed by atoms with E-state index < -0.39 is 0 Å². The zero-order valence-electron chi connectivity index (χ0n) is 11.7. The Bertz CT molecular complexity index is 415. The fourth-order valence-electron chi connectivity index (χ4n) is 2.85. The predicted molar refractivity (Wildman–Crippen MR) is 82.5 cm³/mol. The lowest BCUT2D eigenvalue weighted by atomic mass is 9.95. The molecule has 19 heavy (non-hydrogen) atoms. The Kier molecular flexibility index (Phi) is 5.22. The topological polar surface area (TPSA) is 6.48 Å². The van der Waals surface area contributed by atoms with Gasteiger partial charge in [-0.05, 0) is 45.0 Å². The second-order valence-corrected chi connectivity index (χ2v) is 6.12. The van der Waals surface area contributed by atoms with Gasteiger partial charge in [-0.3, -0.25) is 0 Å². The summed E-state index contributed by atoms with van der Waals surface area (Å²) in [6.45, 7) is 3.21. The molecule has 1 aromatic carbocycles. The maximum Gasteiger partial charge on any atom is 0.129 e. The van der Waals surface area contributed by atoms with E-state index in [0.29, 0.717) is 5.33 Å². The van der Waals surface area contributed by atoms with Crippen LogP contribution in [-0.4, -0.2) is 38.6 Å². The Morgan fingerprint density at radius 2 is 2.00 bits per heavy atom. The van der Waals surface area contributed by atoms with Crippen LogP contribution >= 0.6 is 15.9 Å². The number of hydrogen-bond donors (Lipinski definition) is 0. The van der Waals surface area contributed by atoms with E-state index in [1.54, 1.807) is 6.07 Å². The van der Waals surface area contributed by atoms with Crippen LogP contribution in [0.4, 0.5) is 10.1 Å². The summed E-state index contributed by atoms with van der Waals surface area (Å²) in [5, 5.41) is 0.576. The van der Waals surface area contributed by atoms with Crippen LogP contribution in [0.5, 0.6) is 0 Å². The highest BCUT2D eigenvalue weighted by Crippen LogP contribution is 2.29. The fourth-order valence-corrected chi connectivity index (χ4v) is 3.40. The lowest BCUT2D eigenvalue weighted by Crippen LogP contribution is -2.37. The van der Waals surface area contributed by atoms with E-state index in [1.807, 2.05) is 12.1 Å². The Labute approximate surface area is 123 Å². The van der Waals surface area contributed by atoms with Gasteiger partial charge in [0.1, 0.15) is 5.82 Å². The maximum atomic E-state index is 13.8. The van der Waals surface area contributed by atoms with E-state index in [1.165, 1.54) is 12.8 Å². The number of benzene rings is 1. The number of rotatable bonds is 4. The van der Waals surface area contributed by atoms with Crippen molar-refractivity contribution < 1.29 is 4.39 Å². The molecule has 0 radical (unpaired) electrons. The predicted octanol–water partition coefficient (Wildman–Crippen LogP) is 3.50. The minimum atomic E-state index is -0.107. The molecule has 2 rings (SSSR count). The molecule has 1 aliphatic rings. The van der Waals surface area contributed by atoms with Crippen molar-refractivity contribution in [3.05, 3.63) is 29.6 Å². The molecule has 0 aromatic heterocycles. The molecule has 1 fully saturated rings. The second kappa shape index (κ2) is 6.71. The standard InChI is InChI=1S/C15H22BrFN2/c1-18(2)11-12-6-8-19(9-7-12)15-5-3-4-14(17)13(15)10-16/h3-5,12H,6-11H2,1-2H3. The molecule has 2 nitrogen and oxygen atoms in total. The minimum absolute atomic E-state index is 0.107. The lowest BCUT2D eigenvalue weighted by Gasteiger charge is -2.35. The summed E-state index contributed by atoms with van der Waals surface area (Å²) in [6.07, 6.45) is 2.38. The molecule has 0 bridgehead atoms. The van der Waals surface area contributed by atoms with Crippen LogP contribution in [0.2, 0.25) is 0 Å². The van der Waals surface area contributed by atoms with Gasteiger partial charge in [0.25, 0.3) is 0 Å². The van der Waals surface area contributed by atoms with Gasteiger partial charge in [-0.1, -0.05) is 22.0 Å². The van der Waals surface area contributed by atoms with Gasteiger partial charge >= 0.3 is 0 Å². The molecule has 106 valence electrons. The van der Waals surface area contributed by atoms with E-state index in [9.17, 15) is 4.39 Å². The first kappa shape index (κ1) is 14.8. The summed E-state index contributed by atoms with van der Waals surface area (Å²) in [5.41, 5.74) is 1.84. The van der Waals surface area contributed by atoms with Crippen molar-refractivity contribution in [1.29, 1.82) is 0 Å². The van der Waals surface area contributed by atoms with E-state index in [2.05, 4.69) is 39.8 Å². The molecule has 0 amide bonds. The van der Waals surface area contributed by atoms with E-state index in [0.717, 1.165) is 36.8 Å². The summed E-state index contributed by atoms with van der Waals surface area (Å²) >= 11 is 3.40. The van der Waals surface area contributed by atoms with Crippen LogP contribution < -0.4 is 4.90 Å². The number of alkyl halides is 1. The van der Waals surface area contributed by atoms with Crippen molar-refractivity contribution in [2.45, 2.75) is 18.2 Å². The highest BCUT2D eigenvalue weighted by molar-refractivity contribution is 9.08. The van der Waals surface area contributed by atoms with Crippen molar-refractivity contribution >= 4 is 21.6 Å². The van der Waals surface area contributed by atoms with Gasteiger partial charge in [-0.15, -0.1) is 0 Å². The molecule has 0 N–H and O–H groups in total. The normalized spacial score (nSPS) is 17.2. The molecule has 0 atom stereocenters. The molecule has 0 spiro atoms. The first-order valence-electron chi connectivity index (χ1n) is 6.85. The van der Waals surface area contributed by atoms with Gasteiger partial charge in [0, 0.05) is 36.2 Å². The van der Waals surface area contributed by atoms with Gasteiger partial charge in [0.15, 0.2) is 0 Å². The Morgan fingerprint density at radius 3 is 2.58 bits per heavy atom. The average molecular weight is 329 g/mol. The summed E-state index contributed by atoms with van der Waals surface area (Å²) in [4.78, 5) is 4.58. The van der Waals surface area contributed by atoms with E-state index in [4.69, 9.17) is 0 Å². The molecule has 1 saturated heterocycles. The third kappa shape index (κ3) is 3.69. The van der Waals surface area contributed by atoms with Gasteiger partial charge in [0.2, 0.25) is 0 Å². The minimum Gasteiger partial charge on any atom is -0.371 e. The highest BCUT2D eigenvalue weighted by Gasteiger charge is 2.22. The summed E-state index contributed by atoms with van der Waals surface area (Å²) in [7, 11) is 4.25. The number of anilines is 1. The Morgan fingerprint density at radius 1 is 1.32 bits per heavy atom. The van der Waals surface area contributed by atoms with Crippen molar-refractivity contribution in [3.8, 4) is 0 Å². The van der Waals surface area contributed by atoms with Crippen LogP contribution in [0.25, 0.3) is 0 Å². The monoisotopic (exact) mass is 328 g/mol. The van der Waals surface area contributed by atoms with Crippen molar-refractivity contribution in [2.24, 2.45) is 5.92 Å². The molecule has 4 heteroatoms. The molecule has 1 heterocycles. The average Bonchev–Trinajstić information content (AvgIpc) is 2.38. The largest absolute Gasteiger partial charge is 0.371 e. The summed E-state index contributed by atoms with van der Waals surface area (Å²) in [6, 6.07) is 5.38. The first-order chi connectivity index (χ1) is 9.11. The first-order valence-corrected chi connectivity index (χ1v) is 7.97. The summed E-state index contributed by atoms with van der Waals surface area (Å²) < 4.78 is 13.8. The molecule has 1 aliphatic heterocycles. The van der Waals surface area contributed by atoms with Crippen LogP contribution in [0.3, 0.4) is 0 Å². The summed E-state index contributed by atoms with van der Waals surface area (Å²) in [5.74, 6) is 0.664. The van der Waals surface area contributed by atoms with Crippen LogP contribution in [0.1, 0.15) is 18.4 Å². The molecular formula is C15H22BrFN2. The number of halogens is 2. The molecular weight excluding hydrogens is 307 g/mol. The molecule has 0 unspecified atom stereocenters. The Balaban J connectivity index is 2.03. The Hall–Kier alpha value is -0.610. The van der Waals surface area contributed by atoms with Crippen LogP contribution in [-0.2, 0) is 5.33 Å².